The molecule has 2 atom stereocenters. The van der Waals surface area contributed by atoms with Crippen LogP contribution in [0.25, 0.3) is 11.3 Å². The van der Waals surface area contributed by atoms with Gasteiger partial charge in [-0.05, 0) is 42.9 Å². The second-order valence-corrected chi connectivity index (χ2v) is 8.77. The highest BCUT2D eigenvalue weighted by atomic mass is 35.5. The Morgan fingerprint density at radius 3 is 2.78 bits per heavy atom. The van der Waals surface area contributed by atoms with E-state index >= 15 is 0 Å². The van der Waals surface area contributed by atoms with Crippen molar-refractivity contribution >= 4 is 29.3 Å². The number of hydrogen-bond acceptors (Lipinski definition) is 5. The van der Waals surface area contributed by atoms with Gasteiger partial charge in [-0.25, -0.2) is 0 Å². The van der Waals surface area contributed by atoms with Gasteiger partial charge in [0.1, 0.15) is 0 Å². The average Bonchev–Trinajstić information content (AvgIpc) is 3.07. The molecule has 1 saturated heterocycles. The van der Waals surface area contributed by atoms with Crippen molar-refractivity contribution in [1.29, 1.82) is 0 Å². The Balaban J connectivity index is 1.76. The van der Waals surface area contributed by atoms with Gasteiger partial charge in [-0.3, -0.25) is 9.69 Å². The molecule has 5 nitrogen and oxygen atoms in total. The number of thioether (sulfide) groups is 1. The first kappa shape index (κ1) is 20.2. The molecule has 1 aromatic carbocycles. The molecule has 1 aliphatic rings. The van der Waals surface area contributed by atoms with Crippen molar-refractivity contribution in [1.82, 2.24) is 15.4 Å². The molecule has 2 aromatic rings. The van der Waals surface area contributed by atoms with Crippen LogP contribution in [-0.2, 0) is 11.3 Å². The van der Waals surface area contributed by atoms with Crippen LogP contribution in [0.3, 0.4) is 0 Å². The number of halogens is 1. The smallest absolute Gasteiger partial charge is 0.237 e. The molecule has 0 unspecified atom stereocenters. The number of aromatic nitrogens is 1. The van der Waals surface area contributed by atoms with Gasteiger partial charge in [-0.15, -0.1) is 0 Å². The van der Waals surface area contributed by atoms with Crippen LogP contribution in [0.2, 0.25) is 5.02 Å². The zero-order valence-electron chi connectivity index (χ0n) is 15.9. The van der Waals surface area contributed by atoms with Gasteiger partial charge in [0.15, 0.2) is 5.76 Å². The summed E-state index contributed by atoms with van der Waals surface area (Å²) in [6, 6.07) is 9.48. The van der Waals surface area contributed by atoms with Crippen molar-refractivity contribution in [2.75, 3.05) is 18.6 Å². The first-order valence-electron chi connectivity index (χ1n) is 9.21. The lowest BCUT2D eigenvalue weighted by molar-refractivity contribution is -0.131. The molecule has 1 aromatic heterocycles. The fraction of sp³-hybridized carbons (Fsp3) is 0.500. The maximum absolute atomic E-state index is 12.7. The Morgan fingerprint density at radius 2 is 2.11 bits per heavy atom. The Kier molecular flexibility index (Phi) is 6.84. The quantitative estimate of drug-likeness (QED) is 0.749. The predicted octanol–water partition coefficient (Wildman–Crippen LogP) is 4.07. The molecule has 0 aliphatic carbocycles. The second kappa shape index (κ2) is 9.13. The van der Waals surface area contributed by atoms with E-state index in [0.29, 0.717) is 23.2 Å². The predicted molar refractivity (Wildman–Crippen MR) is 111 cm³/mol. The molecule has 146 valence electrons. The average molecular weight is 408 g/mol. The highest BCUT2D eigenvalue weighted by Gasteiger charge is 2.35. The van der Waals surface area contributed by atoms with E-state index in [1.54, 1.807) is 11.8 Å². The van der Waals surface area contributed by atoms with Crippen LogP contribution >= 0.6 is 23.4 Å². The van der Waals surface area contributed by atoms with E-state index in [2.05, 4.69) is 35.5 Å². The minimum Gasteiger partial charge on any atom is -0.356 e. The van der Waals surface area contributed by atoms with E-state index in [1.165, 1.54) is 0 Å². The van der Waals surface area contributed by atoms with E-state index in [0.717, 1.165) is 30.0 Å². The summed E-state index contributed by atoms with van der Waals surface area (Å²) in [6.07, 6.45) is 2.90. The number of benzene rings is 1. The first-order valence-corrected chi connectivity index (χ1v) is 11.0. The van der Waals surface area contributed by atoms with Gasteiger partial charge in [-0.2, -0.15) is 11.8 Å². The lowest BCUT2D eigenvalue weighted by Crippen LogP contribution is -2.60. The Hall–Kier alpha value is -1.50. The standard InChI is InChI=1S/C20H26ClN3O2S/c1-13(2)8-18-20(25)22-17(12-27-3)11-24(18)10-16-9-19(26-23-16)14-4-6-15(21)7-5-14/h4-7,9,13,17-18H,8,10-12H2,1-3H3,(H,22,25)/t17-,18+/m1/s1. The molecule has 0 bridgehead atoms. The molecule has 27 heavy (non-hydrogen) atoms. The van der Waals surface area contributed by atoms with Gasteiger partial charge >= 0.3 is 0 Å². The molecule has 0 saturated carbocycles. The van der Waals surface area contributed by atoms with E-state index < -0.39 is 0 Å². The number of hydrogen-bond donors (Lipinski definition) is 1. The summed E-state index contributed by atoms with van der Waals surface area (Å²) in [4.78, 5) is 14.9. The largest absolute Gasteiger partial charge is 0.356 e. The van der Waals surface area contributed by atoms with Crippen LogP contribution in [-0.4, -0.2) is 46.6 Å². The van der Waals surface area contributed by atoms with Gasteiger partial charge in [0.2, 0.25) is 5.91 Å². The zero-order valence-corrected chi connectivity index (χ0v) is 17.5. The summed E-state index contributed by atoms with van der Waals surface area (Å²) in [5.41, 5.74) is 1.78. The highest BCUT2D eigenvalue weighted by Crippen LogP contribution is 2.25. The van der Waals surface area contributed by atoms with Crippen LogP contribution in [0.1, 0.15) is 26.0 Å². The highest BCUT2D eigenvalue weighted by molar-refractivity contribution is 7.98. The van der Waals surface area contributed by atoms with Crippen LogP contribution < -0.4 is 5.32 Å². The van der Waals surface area contributed by atoms with Crippen molar-refractivity contribution in [2.45, 2.75) is 38.9 Å². The third kappa shape index (κ3) is 5.27. The molecule has 1 amide bonds. The number of piperazine rings is 1. The maximum Gasteiger partial charge on any atom is 0.237 e. The van der Waals surface area contributed by atoms with E-state index in [4.69, 9.17) is 16.1 Å². The normalized spacial score (nSPS) is 20.9. The number of nitrogens with zero attached hydrogens (tertiary/aromatic N) is 2. The van der Waals surface area contributed by atoms with Crippen molar-refractivity contribution in [2.24, 2.45) is 5.92 Å². The van der Waals surface area contributed by atoms with Gasteiger partial charge in [0.25, 0.3) is 0 Å². The van der Waals surface area contributed by atoms with E-state index in [9.17, 15) is 4.79 Å². The first-order chi connectivity index (χ1) is 13.0. The summed E-state index contributed by atoms with van der Waals surface area (Å²) in [6.45, 7) is 5.72. The number of nitrogens with one attached hydrogen (secondary N) is 1. The van der Waals surface area contributed by atoms with Crippen LogP contribution in [0.15, 0.2) is 34.9 Å². The van der Waals surface area contributed by atoms with E-state index in [-0.39, 0.29) is 18.0 Å². The maximum atomic E-state index is 12.7. The van der Waals surface area contributed by atoms with E-state index in [1.807, 2.05) is 30.3 Å². The SMILES string of the molecule is CSC[C@H]1CN(Cc2cc(-c3ccc(Cl)cc3)on2)[C@@H](CC(C)C)C(=O)N1. The van der Waals surface area contributed by atoms with Crippen molar-refractivity contribution < 1.29 is 9.32 Å². The Morgan fingerprint density at radius 1 is 1.37 bits per heavy atom. The molecule has 7 heteroatoms. The van der Waals surface area contributed by atoms with Gasteiger partial charge in [0.05, 0.1) is 17.8 Å². The molecule has 0 spiro atoms. The van der Waals surface area contributed by atoms with Gasteiger partial charge < -0.3 is 9.84 Å². The molecule has 1 fully saturated rings. The summed E-state index contributed by atoms with van der Waals surface area (Å²) in [5.74, 6) is 2.19. The van der Waals surface area contributed by atoms with Crippen molar-refractivity contribution in [3.8, 4) is 11.3 Å². The van der Waals surface area contributed by atoms with Gasteiger partial charge in [-0.1, -0.05) is 30.6 Å². The summed E-state index contributed by atoms with van der Waals surface area (Å²) < 4.78 is 5.53. The lowest BCUT2D eigenvalue weighted by atomic mass is 9.98. The van der Waals surface area contributed by atoms with Crippen LogP contribution in [0.4, 0.5) is 0 Å². The molecule has 0 radical (unpaired) electrons. The number of carbonyl (C=O) groups is 1. The third-order valence-electron chi connectivity index (χ3n) is 4.66. The summed E-state index contributed by atoms with van der Waals surface area (Å²) >= 11 is 7.70. The monoisotopic (exact) mass is 407 g/mol. The molecular formula is C20H26ClN3O2S. The molecule has 1 N–H and O–H groups in total. The minimum absolute atomic E-state index is 0.121. The van der Waals surface area contributed by atoms with Crippen molar-refractivity contribution in [3.05, 3.63) is 41.0 Å². The molecular weight excluding hydrogens is 382 g/mol. The lowest BCUT2D eigenvalue weighted by Gasteiger charge is -2.39. The molecule has 3 rings (SSSR count). The summed E-state index contributed by atoms with van der Waals surface area (Å²) in [5, 5.41) is 8.09. The Labute approximate surface area is 169 Å². The van der Waals surface area contributed by atoms with Gasteiger partial charge in [0, 0.05) is 35.5 Å². The molecule has 2 heterocycles. The van der Waals surface area contributed by atoms with Crippen LogP contribution in [0.5, 0.6) is 0 Å². The number of rotatable bonds is 7. The second-order valence-electron chi connectivity index (χ2n) is 7.43. The number of amides is 1. The number of carbonyl (C=O) groups excluding carboxylic acids is 1. The minimum atomic E-state index is -0.126. The third-order valence-corrected chi connectivity index (χ3v) is 5.65. The summed E-state index contributed by atoms with van der Waals surface area (Å²) in [7, 11) is 0. The van der Waals surface area contributed by atoms with Crippen molar-refractivity contribution in [3.63, 3.8) is 0 Å². The fourth-order valence-electron chi connectivity index (χ4n) is 3.44. The Bertz CT molecular complexity index is 763. The zero-order chi connectivity index (χ0) is 19.4. The molecule has 1 aliphatic heterocycles. The van der Waals surface area contributed by atoms with Crippen LogP contribution in [0, 0.1) is 5.92 Å². The topological polar surface area (TPSA) is 58.4 Å². The fourth-order valence-corrected chi connectivity index (χ4v) is 4.15.